The molecular formula is C7H12N4OS. The van der Waals surface area contributed by atoms with E-state index in [4.69, 9.17) is 18.0 Å². The largest absolute Gasteiger partial charge is 0.369 e. The Bertz CT molecular complexity index is 365. The van der Waals surface area contributed by atoms with Crippen LogP contribution >= 0.6 is 12.2 Å². The predicted molar refractivity (Wildman–Crippen MR) is 50.4 cm³/mol. The van der Waals surface area contributed by atoms with Crippen LogP contribution < -0.4 is 5.73 Å². The number of carbonyl (C=O) groups excluding carboxylic acids is 1. The molecule has 6 heteroatoms. The third-order valence-electron chi connectivity index (χ3n) is 1.85. The SMILES string of the molecule is CC(C)(Cn1cn[nH]c1=S)C(N)=O. The number of aromatic amines is 1. The number of H-pyrrole nitrogens is 1. The summed E-state index contributed by atoms with van der Waals surface area (Å²) < 4.78 is 2.18. The first-order chi connectivity index (χ1) is 5.93. The fraction of sp³-hybridized carbons (Fsp3) is 0.571. The Hall–Kier alpha value is -1.17. The highest BCUT2D eigenvalue weighted by Crippen LogP contribution is 2.16. The van der Waals surface area contributed by atoms with Crippen molar-refractivity contribution >= 4 is 18.1 Å². The van der Waals surface area contributed by atoms with E-state index < -0.39 is 5.41 Å². The van der Waals surface area contributed by atoms with E-state index in [0.29, 0.717) is 11.3 Å². The first-order valence-electron chi connectivity index (χ1n) is 3.83. The number of nitrogens with two attached hydrogens (primary N) is 1. The molecule has 0 saturated carbocycles. The molecule has 1 rings (SSSR count). The van der Waals surface area contributed by atoms with Crippen LogP contribution in [0.3, 0.4) is 0 Å². The van der Waals surface area contributed by atoms with Crippen molar-refractivity contribution < 1.29 is 4.79 Å². The number of nitrogens with zero attached hydrogens (tertiary/aromatic N) is 2. The summed E-state index contributed by atoms with van der Waals surface area (Å²) in [7, 11) is 0. The van der Waals surface area contributed by atoms with Crippen molar-refractivity contribution in [2.75, 3.05) is 0 Å². The number of hydrogen-bond acceptors (Lipinski definition) is 3. The lowest BCUT2D eigenvalue weighted by atomic mass is 9.93. The van der Waals surface area contributed by atoms with E-state index in [9.17, 15) is 4.79 Å². The molecule has 0 unspecified atom stereocenters. The standard InChI is InChI=1S/C7H12N4OS/c1-7(2,5(8)12)3-11-4-9-10-6(11)13/h4H,3H2,1-2H3,(H2,8,12)(H,10,13). The minimum Gasteiger partial charge on any atom is -0.369 e. The predicted octanol–water partition coefficient (Wildman–Crippen LogP) is 0.452. The molecule has 0 bridgehead atoms. The third-order valence-corrected chi connectivity index (χ3v) is 2.18. The average Bonchev–Trinajstić information content (AvgIpc) is 2.35. The van der Waals surface area contributed by atoms with E-state index in [-0.39, 0.29) is 5.91 Å². The van der Waals surface area contributed by atoms with Gasteiger partial charge in [0.1, 0.15) is 6.33 Å². The zero-order valence-corrected chi connectivity index (χ0v) is 8.39. The second-order valence-corrected chi connectivity index (χ2v) is 3.92. The summed E-state index contributed by atoms with van der Waals surface area (Å²) in [6.45, 7) is 3.98. The van der Waals surface area contributed by atoms with Gasteiger partial charge in [-0.25, -0.2) is 0 Å². The number of aromatic nitrogens is 3. The zero-order chi connectivity index (χ0) is 10.1. The van der Waals surface area contributed by atoms with Crippen LogP contribution in [0, 0.1) is 10.2 Å². The minimum atomic E-state index is -0.609. The van der Waals surface area contributed by atoms with Crippen molar-refractivity contribution in [2.45, 2.75) is 20.4 Å². The molecule has 0 aliphatic rings. The van der Waals surface area contributed by atoms with Crippen LogP contribution in [-0.4, -0.2) is 20.7 Å². The number of amides is 1. The Balaban J connectivity index is 2.87. The van der Waals surface area contributed by atoms with Gasteiger partial charge < -0.3 is 10.3 Å². The van der Waals surface area contributed by atoms with Crippen LogP contribution in [0.25, 0.3) is 0 Å². The van der Waals surface area contributed by atoms with Gasteiger partial charge >= 0.3 is 0 Å². The third kappa shape index (κ3) is 2.15. The highest BCUT2D eigenvalue weighted by atomic mass is 32.1. The Kier molecular flexibility index (Phi) is 2.51. The lowest BCUT2D eigenvalue weighted by Gasteiger charge is -2.19. The summed E-state index contributed by atoms with van der Waals surface area (Å²) in [5.41, 5.74) is 4.61. The fourth-order valence-corrected chi connectivity index (χ4v) is 1.05. The highest BCUT2D eigenvalue weighted by Gasteiger charge is 2.25. The molecule has 0 aliphatic heterocycles. The molecule has 72 valence electrons. The molecule has 13 heavy (non-hydrogen) atoms. The minimum absolute atomic E-state index is 0.351. The quantitative estimate of drug-likeness (QED) is 0.695. The number of rotatable bonds is 3. The second-order valence-electron chi connectivity index (χ2n) is 3.54. The second kappa shape index (κ2) is 3.29. The molecule has 0 aromatic carbocycles. The van der Waals surface area contributed by atoms with E-state index >= 15 is 0 Å². The van der Waals surface area contributed by atoms with Crippen LogP contribution in [-0.2, 0) is 11.3 Å². The fourth-order valence-electron chi connectivity index (χ4n) is 0.887. The van der Waals surface area contributed by atoms with Crippen molar-refractivity contribution in [3.8, 4) is 0 Å². The van der Waals surface area contributed by atoms with Crippen LogP contribution in [0.1, 0.15) is 13.8 Å². The summed E-state index contributed by atoms with van der Waals surface area (Å²) in [6, 6.07) is 0. The molecule has 0 saturated heterocycles. The van der Waals surface area contributed by atoms with Gasteiger partial charge in [0.15, 0.2) is 4.77 Å². The van der Waals surface area contributed by atoms with Gasteiger partial charge in [-0.2, -0.15) is 5.10 Å². The average molecular weight is 200 g/mol. The van der Waals surface area contributed by atoms with Gasteiger partial charge in [0.25, 0.3) is 0 Å². The maximum absolute atomic E-state index is 11.0. The molecule has 5 nitrogen and oxygen atoms in total. The smallest absolute Gasteiger partial charge is 0.224 e. The topological polar surface area (TPSA) is 76.7 Å². The van der Waals surface area contributed by atoms with Crippen LogP contribution in [0.15, 0.2) is 6.33 Å². The summed E-state index contributed by atoms with van der Waals surface area (Å²) in [5, 5.41) is 6.35. The molecule has 1 aromatic rings. The molecular weight excluding hydrogens is 188 g/mol. The molecule has 0 radical (unpaired) electrons. The van der Waals surface area contributed by atoms with Gasteiger partial charge in [-0.1, -0.05) is 0 Å². The van der Waals surface area contributed by atoms with Gasteiger partial charge in [-0.3, -0.25) is 9.89 Å². The lowest BCUT2D eigenvalue weighted by Crippen LogP contribution is -2.35. The maximum Gasteiger partial charge on any atom is 0.224 e. The molecule has 1 heterocycles. The Morgan fingerprint density at radius 1 is 1.85 bits per heavy atom. The highest BCUT2D eigenvalue weighted by molar-refractivity contribution is 7.71. The number of carbonyl (C=O) groups is 1. The number of hydrogen-bond donors (Lipinski definition) is 2. The zero-order valence-electron chi connectivity index (χ0n) is 7.57. The van der Waals surface area contributed by atoms with Gasteiger partial charge in [-0.15, -0.1) is 0 Å². The Labute approximate surface area is 80.9 Å². The normalized spacial score (nSPS) is 11.5. The van der Waals surface area contributed by atoms with Crippen molar-refractivity contribution in [2.24, 2.45) is 11.1 Å². The first kappa shape index (κ1) is 9.91. The van der Waals surface area contributed by atoms with Crippen molar-refractivity contribution in [3.63, 3.8) is 0 Å². The summed E-state index contributed by atoms with van der Waals surface area (Å²) in [6.07, 6.45) is 1.55. The van der Waals surface area contributed by atoms with Gasteiger partial charge in [0.05, 0.1) is 5.41 Å². The van der Waals surface area contributed by atoms with E-state index in [0.717, 1.165) is 0 Å². The first-order valence-corrected chi connectivity index (χ1v) is 4.24. The van der Waals surface area contributed by atoms with Crippen molar-refractivity contribution in [3.05, 3.63) is 11.1 Å². The van der Waals surface area contributed by atoms with Gasteiger partial charge in [0.2, 0.25) is 5.91 Å². The molecule has 0 atom stereocenters. The van der Waals surface area contributed by atoms with E-state index in [2.05, 4.69) is 10.2 Å². The van der Waals surface area contributed by atoms with Crippen LogP contribution in [0.2, 0.25) is 0 Å². The monoisotopic (exact) mass is 200 g/mol. The summed E-state index contributed by atoms with van der Waals surface area (Å²) >= 11 is 4.93. The van der Waals surface area contributed by atoms with E-state index in [1.165, 1.54) is 0 Å². The van der Waals surface area contributed by atoms with Gasteiger partial charge in [-0.05, 0) is 26.1 Å². The van der Waals surface area contributed by atoms with Crippen molar-refractivity contribution in [1.82, 2.24) is 14.8 Å². The number of primary amides is 1. The van der Waals surface area contributed by atoms with Crippen LogP contribution in [0.4, 0.5) is 0 Å². The maximum atomic E-state index is 11.0. The molecule has 0 spiro atoms. The Morgan fingerprint density at radius 2 is 2.46 bits per heavy atom. The Morgan fingerprint density at radius 3 is 2.85 bits per heavy atom. The van der Waals surface area contributed by atoms with E-state index in [1.807, 2.05) is 0 Å². The van der Waals surface area contributed by atoms with E-state index in [1.54, 1.807) is 24.7 Å². The summed E-state index contributed by atoms with van der Waals surface area (Å²) in [4.78, 5) is 11.0. The molecule has 0 aliphatic carbocycles. The van der Waals surface area contributed by atoms with Crippen LogP contribution in [0.5, 0.6) is 0 Å². The van der Waals surface area contributed by atoms with Crippen molar-refractivity contribution in [1.29, 1.82) is 0 Å². The molecule has 0 fully saturated rings. The van der Waals surface area contributed by atoms with Gasteiger partial charge in [0, 0.05) is 6.54 Å². The molecule has 1 amide bonds. The lowest BCUT2D eigenvalue weighted by molar-refractivity contribution is -0.126. The summed E-state index contributed by atoms with van der Waals surface area (Å²) in [5.74, 6) is -0.351. The molecule has 3 N–H and O–H groups in total. The number of nitrogens with one attached hydrogen (secondary N) is 1. The molecule has 1 aromatic heterocycles.